The van der Waals surface area contributed by atoms with Gasteiger partial charge in [-0.05, 0) is 38.5 Å². The lowest BCUT2D eigenvalue weighted by Crippen LogP contribution is -1.98. The molecule has 0 aromatic rings. The van der Waals surface area contributed by atoms with Crippen LogP contribution in [0.1, 0.15) is 51.9 Å². The van der Waals surface area contributed by atoms with Crippen molar-refractivity contribution in [3.05, 3.63) is 72.9 Å². The third-order valence-corrected chi connectivity index (χ3v) is 3.20. The van der Waals surface area contributed by atoms with Crippen molar-refractivity contribution in [2.24, 2.45) is 0 Å². The molecule has 0 bridgehead atoms. The Bertz CT molecular complexity index is 493. The molecular weight excluding hydrogens is 312 g/mol. The largest absolute Gasteiger partial charge is 0.481 e. The van der Waals surface area contributed by atoms with Gasteiger partial charge in [0, 0.05) is 6.42 Å². The van der Waals surface area contributed by atoms with Crippen LogP contribution in [0.15, 0.2) is 72.9 Å². The second kappa shape index (κ2) is 18.2. The van der Waals surface area contributed by atoms with Crippen LogP contribution in [0, 0.1) is 0 Å². The van der Waals surface area contributed by atoms with Gasteiger partial charge in [0.05, 0.1) is 6.10 Å². The van der Waals surface area contributed by atoms with Crippen molar-refractivity contribution in [3.63, 3.8) is 0 Å². The summed E-state index contributed by atoms with van der Waals surface area (Å²) in [5.41, 5.74) is 0. The fourth-order valence-electron chi connectivity index (χ4n) is 1.87. The zero-order valence-electron chi connectivity index (χ0n) is 15.3. The molecule has 0 heterocycles. The highest BCUT2D eigenvalue weighted by molar-refractivity contribution is 5.66. The van der Waals surface area contributed by atoms with E-state index >= 15 is 0 Å². The van der Waals surface area contributed by atoms with E-state index in [0.29, 0.717) is 12.8 Å². The van der Waals surface area contributed by atoms with Gasteiger partial charge < -0.3 is 10.2 Å². The average molecular weight is 344 g/mol. The molecule has 0 fully saturated rings. The minimum absolute atomic E-state index is 0.195. The third kappa shape index (κ3) is 19.8. The molecule has 0 aliphatic rings. The molecule has 0 saturated carbocycles. The molecule has 0 radical (unpaired) electrons. The molecule has 3 heteroatoms. The lowest BCUT2D eigenvalue weighted by molar-refractivity contribution is -0.136. The van der Waals surface area contributed by atoms with Crippen molar-refractivity contribution in [3.8, 4) is 0 Å². The standard InChI is InChI=1S/C22H32O3/c1-2-3-15-18-21(23)19-16-13-11-9-7-5-4-6-8-10-12-14-17-20-22(24)25/h3,5-8,11-16,19,21,23H,2,4,9-10,17-18,20H2,1H3,(H,24,25)/b7-5-,8-6-,13-11+,14-12-,15-3-,19-16+/t21-/m1/s1. The Kier molecular flexibility index (Phi) is 16.7. The molecule has 0 aromatic carbocycles. The Morgan fingerprint density at radius 2 is 1.44 bits per heavy atom. The van der Waals surface area contributed by atoms with E-state index in [1.807, 2.05) is 30.4 Å². The summed E-state index contributed by atoms with van der Waals surface area (Å²) in [5.74, 6) is -0.754. The van der Waals surface area contributed by atoms with Gasteiger partial charge in [0.15, 0.2) is 0 Å². The number of carboxylic acids is 1. The van der Waals surface area contributed by atoms with Gasteiger partial charge in [-0.2, -0.15) is 0 Å². The van der Waals surface area contributed by atoms with Crippen LogP contribution in [0.4, 0.5) is 0 Å². The average Bonchev–Trinajstić information content (AvgIpc) is 2.58. The van der Waals surface area contributed by atoms with Gasteiger partial charge in [0.1, 0.15) is 0 Å². The number of carbonyl (C=O) groups is 1. The Hall–Kier alpha value is -2.13. The first-order valence-corrected chi connectivity index (χ1v) is 9.00. The molecule has 0 spiro atoms. The van der Waals surface area contributed by atoms with Crippen molar-refractivity contribution in [1.82, 2.24) is 0 Å². The number of rotatable bonds is 14. The van der Waals surface area contributed by atoms with Gasteiger partial charge in [-0.1, -0.05) is 79.8 Å². The smallest absolute Gasteiger partial charge is 0.303 e. The van der Waals surface area contributed by atoms with Crippen LogP contribution in [-0.2, 0) is 4.79 Å². The molecule has 0 amide bonds. The highest BCUT2D eigenvalue weighted by Gasteiger charge is 1.92. The van der Waals surface area contributed by atoms with Crippen LogP contribution in [0.2, 0.25) is 0 Å². The van der Waals surface area contributed by atoms with Crippen molar-refractivity contribution in [2.45, 2.75) is 58.0 Å². The number of aliphatic hydroxyl groups excluding tert-OH is 1. The van der Waals surface area contributed by atoms with E-state index in [9.17, 15) is 9.90 Å². The van der Waals surface area contributed by atoms with E-state index in [0.717, 1.165) is 25.7 Å². The Morgan fingerprint density at radius 3 is 2.04 bits per heavy atom. The lowest BCUT2D eigenvalue weighted by atomic mass is 10.2. The second-order valence-electron chi connectivity index (χ2n) is 5.55. The molecule has 1 atom stereocenters. The van der Waals surface area contributed by atoms with E-state index in [4.69, 9.17) is 5.11 Å². The van der Waals surface area contributed by atoms with Gasteiger partial charge in [-0.3, -0.25) is 4.79 Å². The fourth-order valence-corrected chi connectivity index (χ4v) is 1.87. The molecule has 138 valence electrons. The number of hydrogen-bond donors (Lipinski definition) is 2. The van der Waals surface area contributed by atoms with Crippen molar-refractivity contribution in [1.29, 1.82) is 0 Å². The first-order chi connectivity index (χ1) is 12.2. The van der Waals surface area contributed by atoms with Crippen molar-refractivity contribution in [2.75, 3.05) is 0 Å². The number of carboxylic acid groups (broad SMARTS) is 1. The Balaban J connectivity index is 3.66. The molecular formula is C22H32O3. The van der Waals surface area contributed by atoms with Crippen LogP contribution in [0.3, 0.4) is 0 Å². The van der Waals surface area contributed by atoms with Crippen LogP contribution < -0.4 is 0 Å². The minimum Gasteiger partial charge on any atom is -0.481 e. The van der Waals surface area contributed by atoms with Crippen molar-refractivity contribution >= 4 is 5.97 Å². The number of aliphatic carboxylic acids is 1. The maximum absolute atomic E-state index is 10.3. The van der Waals surface area contributed by atoms with Crippen LogP contribution in [-0.4, -0.2) is 22.3 Å². The normalized spacial score (nSPS) is 14.3. The maximum Gasteiger partial charge on any atom is 0.303 e. The topological polar surface area (TPSA) is 57.5 Å². The van der Waals surface area contributed by atoms with Gasteiger partial charge in [0.25, 0.3) is 0 Å². The van der Waals surface area contributed by atoms with Crippen LogP contribution in [0.5, 0.6) is 0 Å². The minimum atomic E-state index is -0.754. The van der Waals surface area contributed by atoms with Gasteiger partial charge in [-0.25, -0.2) is 0 Å². The number of allylic oxidation sites excluding steroid dienone is 10. The number of aliphatic hydroxyl groups is 1. The van der Waals surface area contributed by atoms with E-state index in [-0.39, 0.29) is 6.42 Å². The first-order valence-electron chi connectivity index (χ1n) is 9.00. The highest BCUT2D eigenvalue weighted by atomic mass is 16.4. The fraction of sp³-hybridized carbons (Fsp3) is 0.409. The number of hydrogen-bond acceptors (Lipinski definition) is 2. The Labute approximate surface area is 152 Å². The molecule has 0 aliphatic carbocycles. The van der Waals surface area contributed by atoms with Crippen molar-refractivity contribution < 1.29 is 15.0 Å². The summed E-state index contributed by atoms with van der Waals surface area (Å²) in [6.45, 7) is 2.08. The molecule has 25 heavy (non-hydrogen) atoms. The predicted molar refractivity (Wildman–Crippen MR) is 106 cm³/mol. The van der Waals surface area contributed by atoms with Gasteiger partial charge in [-0.15, -0.1) is 0 Å². The second-order valence-corrected chi connectivity index (χ2v) is 5.55. The maximum atomic E-state index is 10.3. The third-order valence-electron chi connectivity index (χ3n) is 3.20. The quantitative estimate of drug-likeness (QED) is 0.322. The first kappa shape index (κ1) is 22.9. The highest BCUT2D eigenvalue weighted by Crippen LogP contribution is 1.98. The lowest BCUT2D eigenvalue weighted by Gasteiger charge is -1.98. The predicted octanol–water partition coefficient (Wildman–Crippen LogP) is 5.52. The molecule has 0 saturated heterocycles. The summed E-state index contributed by atoms with van der Waals surface area (Å²) in [7, 11) is 0. The van der Waals surface area contributed by atoms with E-state index in [2.05, 4.69) is 43.4 Å². The zero-order chi connectivity index (χ0) is 18.6. The molecule has 3 nitrogen and oxygen atoms in total. The summed E-state index contributed by atoms with van der Waals surface area (Å²) in [5, 5.41) is 18.2. The van der Waals surface area contributed by atoms with E-state index in [1.165, 1.54) is 0 Å². The zero-order valence-corrected chi connectivity index (χ0v) is 15.3. The van der Waals surface area contributed by atoms with E-state index in [1.54, 1.807) is 6.08 Å². The summed E-state index contributed by atoms with van der Waals surface area (Å²) >= 11 is 0. The monoisotopic (exact) mass is 344 g/mol. The molecule has 0 aliphatic heterocycles. The summed E-state index contributed by atoms with van der Waals surface area (Å²) in [6, 6.07) is 0. The molecule has 2 N–H and O–H groups in total. The molecule has 0 unspecified atom stereocenters. The van der Waals surface area contributed by atoms with Crippen LogP contribution >= 0.6 is 0 Å². The van der Waals surface area contributed by atoms with Gasteiger partial charge in [0.2, 0.25) is 0 Å². The summed E-state index contributed by atoms with van der Waals surface area (Å²) in [6.07, 6.45) is 28.7. The Morgan fingerprint density at radius 1 is 0.840 bits per heavy atom. The molecule has 0 rings (SSSR count). The summed E-state index contributed by atoms with van der Waals surface area (Å²) < 4.78 is 0. The SMILES string of the molecule is CC/C=C\C[C@@H](O)/C=C/C=C/C/C=C\C/C=C\C/C=C\CCC(=O)O. The van der Waals surface area contributed by atoms with Gasteiger partial charge >= 0.3 is 5.97 Å². The van der Waals surface area contributed by atoms with Crippen LogP contribution in [0.25, 0.3) is 0 Å². The molecule has 0 aromatic heterocycles. The summed E-state index contributed by atoms with van der Waals surface area (Å²) in [4.78, 5) is 10.3. The van der Waals surface area contributed by atoms with E-state index < -0.39 is 12.1 Å².